The third kappa shape index (κ3) is 3.27. The molecule has 0 atom stereocenters. The summed E-state index contributed by atoms with van der Waals surface area (Å²) in [7, 11) is 0. The number of carbonyl (C=O) groups is 1. The Morgan fingerprint density at radius 3 is 2.69 bits per heavy atom. The number of rotatable bonds is 4. The van der Waals surface area contributed by atoms with Crippen molar-refractivity contribution in [2.75, 3.05) is 0 Å². The quantitative estimate of drug-likeness (QED) is 0.502. The van der Waals surface area contributed by atoms with Gasteiger partial charge in [0.05, 0.1) is 10.5 Å². The predicted octanol–water partition coefficient (Wildman–Crippen LogP) is 4.30. The number of carbonyl (C=O) groups excluding carboxylic acids is 1. The van der Waals surface area contributed by atoms with Gasteiger partial charge in [-0.15, -0.1) is 0 Å². The van der Waals surface area contributed by atoms with Gasteiger partial charge >= 0.3 is 5.97 Å². The maximum atomic E-state index is 12.2. The molecule has 6 nitrogen and oxygen atoms in total. The number of halogens is 1. The normalized spacial score (nSPS) is 10.8. The Labute approximate surface area is 153 Å². The monoisotopic (exact) mass is 365 g/mol. The zero-order valence-corrected chi connectivity index (χ0v) is 14.2. The molecule has 0 saturated heterocycles. The highest BCUT2D eigenvalue weighted by molar-refractivity contribution is 6.33. The van der Waals surface area contributed by atoms with Gasteiger partial charge in [-0.3, -0.25) is 0 Å². The van der Waals surface area contributed by atoms with Gasteiger partial charge in [-0.05, 0) is 24.3 Å². The maximum absolute atomic E-state index is 12.2. The van der Waals surface area contributed by atoms with Crippen LogP contribution in [0.1, 0.15) is 16.4 Å². The summed E-state index contributed by atoms with van der Waals surface area (Å²) in [5, 5.41) is 5.32. The van der Waals surface area contributed by atoms with Crippen molar-refractivity contribution in [1.82, 2.24) is 15.1 Å². The third-order valence-corrected chi connectivity index (χ3v) is 4.05. The summed E-state index contributed by atoms with van der Waals surface area (Å²) in [6, 6.07) is 18.1. The average molecular weight is 366 g/mol. The van der Waals surface area contributed by atoms with Gasteiger partial charge in [0.15, 0.2) is 6.61 Å². The molecule has 7 heteroatoms. The number of pyridine rings is 1. The van der Waals surface area contributed by atoms with Crippen LogP contribution in [-0.4, -0.2) is 21.1 Å². The van der Waals surface area contributed by atoms with Gasteiger partial charge in [-0.2, -0.15) is 4.98 Å². The number of nitrogens with zero attached hydrogens (tertiary/aromatic N) is 3. The summed E-state index contributed by atoms with van der Waals surface area (Å²) < 4.78 is 10.3. The van der Waals surface area contributed by atoms with E-state index in [9.17, 15) is 4.79 Å². The standard InChI is InChI=1S/C19H12ClN3O3/c20-14-7-3-2-6-13(14)18-22-17(26-23-18)11-25-19(24)16-10-9-12-5-1-4-8-15(12)21-16/h1-10H,11H2. The third-order valence-electron chi connectivity index (χ3n) is 3.72. The van der Waals surface area contributed by atoms with Crippen LogP contribution < -0.4 is 0 Å². The number of aromatic nitrogens is 3. The Balaban J connectivity index is 1.47. The first-order valence-corrected chi connectivity index (χ1v) is 8.19. The van der Waals surface area contributed by atoms with E-state index in [4.69, 9.17) is 20.9 Å². The second kappa shape index (κ2) is 6.93. The van der Waals surface area contributed by atoms with Crippen LogP contribution in [0.3, 0.4) is 0 Å². The van der Waals surface area contributed by atoms with Gasteiger partial charge in [-0.25, -0.2) is 9.78 Å². The molecule has 0 radical (unpaired) electrons. The highest BCUT2D eigenvalue weighted by Gasteiger charge is 2.15. The lowest BCUT2D eigenvalue weighted by molar-refractivity contribution is 0.0423. The van der Waals surface area contributed by atoms with Crippen LogP contribution >= 0.6 is 11.6 Å². The van der Waals surface area contributed by atoms with Crippen LogP contribution in [0.5, 0.6) is 0 Å². The molecular formula is C19H12ClN3O3. The number of ether oxygens (including phenoxy) is 1. The molecule has 2 aromatic carbocycles. The summed E-state index contributed by atoms with van der Waals surface area (Å²) in [5.41, 5.74) is 1.59. The molecule has 0 spiro atoms. The average Bonchev–Trinajstić information content (AvgIpc) is 3.15. The van der Waals surface area contributed by atoms with Crippen molar-refractivity contribution in [3.8, 4) is 11.4 Å². The molecule has 0 saturated carbocycles. The molecule has 2 heterocycles. The minimum Gasteiger partial charge on any atom is -0.451 e. The van der Waals surface area contributed by atoms with E-state index in [1.54, 1.807) is 18.2 Å². The molecule has 0 aliphatic carbocycles. The molecular weight excluding hydrogens is 354 g/mol. The van der Waals surface area contributed by atoms with E-state index in [0.29, 0.717) is 16.4 Å². The Kier molecular flexibility index (Phi) is 4.33. The zero-order chi connectivity index (χ0) is 17.9. The van der Waals surface area contributed by atoms with Crippen LogP contribution in [0.15, 0.2) is 65.2 Å². The Hall–Kier alpha value is -3.25. The van der Waals surface area contributed by atoms with Gasteiger partial charge in [-0.1, -0.05) is 53.2 Å². The maximum Gasteiger partial charge on any atom is 0.357 e. The molecule has 4 rings (SSSR count). The van der Waals surface area contributed by atoms with Crippen molar-refractivity contribution in [1.29, 1.82) is 0 Å². The highest BCUT2D eigenvalue weighted by Crippen LogP contribution is 2.25. The number of hydrogen-bond acceptors (Lipinski definition) is 6. The molecule has 0 unspecified atom stereocenters. The predicted molar refractivity (Wildman–Crippen MR) is 95.6 cm³/mol. The SMILES string of the molecule is O=C(OCc1nc(-c2ccccc2Cl)no1)c1ccc2ccccc2n1. The number of para-hydroxylation sites is 1. The Morgan fingerprint density at radius 2 is 1.81 bits per heavy atom. The van der Waals surface area contributed by atoms with Gasteiger partial charge in [0.1, 0.15) is 5.69 Å². The van der Waals surface area contributed by atoms with Gasteiger partial charge in [0, 0.05) is 10.9 Å². The van der Waals surface area contributed by atoms with Crippen molar-refractivity contribution in [2.45, 2.75) is 6.61 Å². The molecule has 0 bridgehead atoms. The van der Waals surface area contributed by atoms with E-state index < -0.39 is 5.97 Å². The summed E-state index contributed by atoms with van der Waals surface area (Å²) in [4.78, 5) is 20.7. The van der Waals surface area contributed by atoms with E-state index in [-0.39, 0.29) is 18.2 Å². The smallest absolute Gasteiger partial charge is 0.357 e. The van der Waals surface area contributed by atoms with E-state index >= 15 is 0 Å². The lowest BCUT2D eigenvalue weighted by Gasteiger charge is -2.03. The van der Waals surface area contributed by atoms with Crippen LogP contribution in [0.4, 0.5) is 0 Å². The fourth-order valence-electron chi connectivity index (χ4n) is 2.45. The first-order chi connectivity index (χ1) is 12.7. The van der Waals surface area contributed by atoms with Crippen LogP contribution in [-0.2, 0) is 11.3 Å². The van der Waals surface area contributed by atoms with Crippen LogP contribution in [0.2, 0.25) is 5.02 Å². The Morgan fingerprint density at radius 1 is 1.00 bits per heavy atom. The van der Waals surface area contributed by atoms with Crippen molar-refractivity contribution >= 4 is 28.5 Å². The summed E-state index contributed by atoms with van der Waals surface area (Å²) >= 11 is 6.11. The minimum absolute atomic E-state index is 0.148. The molecule has 0 amide bonds. The molecule has 0 fully saturated rings. The lowest BCUT2D eigenvalue weighted by atomic mass is 10.2. The Bertz CT molecular complexity index is 1090. The number of benzene rings is 2. The first kappa shape index (κ1) is 16.2. The molecule has 2 aromatic heterocycles. The number of hydrogen-bond donors (Lipinski definition) is 0. The van der Waals surface area contributed by atoms with Crippen molar-refractivity contribution in [3.63, 3.8) is 0 Å². The van der Waals surface area contributed by atoms with E-state index in [2.05, 4.69) is 15.1 Å². The summed E-state index contributed by atoms with van der Waals surface area (Å²) in [5.74, 6) is -0.0483. The van der Waals surface area contributed by atoms with Crippen LogP contribution in [0.25, 0.3) is 22.3 Å². The second-order valence-electron chi connectivity index (χ2n) is 5.46. The summed E-state index contributed by atoms with van der Waals surface area (Å²) in [6.45, 7) is -0.148. The first-order valence-electron chi connectivity index (χ1n) is 7.81. The van der Waals surface area contributed by atoms with E-state index in [1.807, 2.05) is 42.5 Å². The lowest BCUT2D eigenvalue weighted by Crippen LogP contribution is -2.07. The summed E-state index contributed by atoms with van der Waals surface area (Å²) in [6.07, 6.45) is 0. The van der Waals surface area contributed by atoms with Gasteiger partial charge in [0.2, 0.25) is 5.82 Å². The molecule has 4 aromatic rings. The second-order valence-corrected chi connectivity index (χ2v) is 5.86. The number of esters is 1. The highest BCUT2D eigenvalue weighted by atomic mass is 35.5. The van der Waals surface area contributed by atoms with Crippen molar-refractivity contribution in [2.24, 2.45) is 0 Å². The minimum atomic E-state index is -0.562. The van der Waals surface area contributed by atoms with Gasteiger partial charge < -0.3 is 9.26 Å². The molecule has 128 valence electrons. The molecule has 0 aliphatic rings. The fraction of sp³-hybridized carbons (Fsp3) is 0.0526. The van der Waals surface area contributed by atoms with Gasteiger partial charge in [0.25, 0.3) is 5.89 Å². The zero-order valence-electron chi connectivity index (χ0n) is 13.4. The van der Waals surface area contributed by atoms with Crippen molar-refractivity contribution in [3.05, 3.63) is 77.3 Å². The fourth-order valence-corrected chi connectivity index (χ4v) is 2.67. The van der Waals surface area contributed by atoms with E-state index in [0.717, 1.165) is 10.9 Å². The van der Waals surface area contributed by atoms with E-state index in [1.165, 1.54) is 0 Å². The van der Waals surface area contributed by atoms with Crippen molar-refractivity contribution < 1.29 is 14.1 Å². The van der Waals surface area contributed by atoms with Crippen LogP contribution in [0, 0.1) is 0 Å². The number of fused-ring (bicyclic) bond motifs is 1. The largest absolute Gasteiger partial charge is 0.451 e. The molecule has 26 heavy (non-hydrogen) atoms. The molecule has 0 N–H and O–H groups in total. The topological polar surface area (TPSA) is 78.1 Å². The molecule has 0 aliphatic heterocycles.